The van der Waals surface area contributed by atoms with Gasteiger partial charge in [0, 0.05) is 18.5 Å². The van der Waals surface area contributed by atoms with Gasteiger partial charge in [0.05, 0.1) is 18.8 Å². The normalized spacial score (nSPS) is 23.6. The molecule has 0 bridgehead atoms. The maximum atomic E-state index is 10.1. The van der Waals surface area contributed by atoms with Crippen LogP contribution in [0, 0.1) is 0 Å². The number of aryl methyl sites for hydroxylation is 1. The van der Waals surface area contributed by atoms with Crippen LogP contribution in [0.25, 0.3) is 0 Å². The molecule has 4 atom stereocenters. The first kappa shape index (κ1) is 21.7. The van der Waals surface area contributed by atoms with Crippen LogP contribution in [-0.4, -0.2) is 55.0 Å². The van der Waals surface area contributed by atoms with Crippen molar-refractivity contribution in [3.05, 3.63) is 70.5 Å². The van der Waals surface area contributed by atoms with E-state index in [1.807, 2.05) is 36.4 Å². The fraction of sp³-hybridized carbons (Fsp3) is 0.364. The Balaban J connectivity index is 1.48. The highest BCUT2D eigenvalue weighted by Crippen LogP contribution is 2.34. The molecule has 3 aromatic rings. The summed E-state index contributed by atoms with van der Waals surface area (Å²) in [6.45, 7) is -0.363. The van der Waals surface area contributed by atoms with Crippen LogP contribution in [0.5, 0.6) is 11.8 Å². The van der Waals surface area contributed by atoms with E-state index in [4.69, 9.17) is 21.1 Å². The highest BCUT2D eigenvalue weighted by atomic mass is 35.5. The fourth-order valence-electron chi connectivity index (χ4n) is 3.62. The van der Waals surface area contributed by atoms with Gasteiger partial charge in [0.25, 0.3) is 0 Å². The van der Waals surface area contributed by atoms with Crippen molar-refractivity contribution in [2.24, 2.45) is 7.05 Å². The van der Waals surface area contributed by atoms with Gasteiger partial charge in [0.2, 0.25) is 0 Å². The molecule has 1 aromatic heterocycles. The molecular formula is C22H24ClN3O5. The molecule has 0 radical (unpaired) electrons. The summed E-state index contributed by atoms with van der Waals surface area (Å²) < 4.78 is 13.2. The lowest BCUT2D eigenvalue weighted by molar-refractivity contribution is -0.181. The van der Waals surface area contributed by atoms with Gasteiger partial charge >= 0.3 is 6.01 Å². The minimum absolute atomic E-state index is 0.243. The van der Waals surface area contributed by atoms with Crippen LogP contribution in [-0.2, 0) is 18.2 Å². The molecule has 164 valence electrons. The summed E-state index contributed by atoms with van der Waals surface area (Å²) in [4.78, 5) is 0. The number of ether oxygens (including phenoxy) is 2. The van der Waals surface area contributed by atoms with Crippen LogP contribution in [0.3, 0.4) is 0 Å². The molecule has 31 heavy (non-hydrogen) atoms. The standard InChI is InChI=1S/C22H24ClN3O5/c1-26-12-24-25-22(26)30-16-5-2-13(3-6-16)8-15-9-14(4-7-17(15)23)19-10-18(28)21(29)20(11-27)31-19/h2-7,9,12,18-21,27-29H,8,10-11H2,1H3/t18-,19-,20-,21+/m1/s1. The Morgan fingerprint density at radius 2 is 1.97 bits per heavy atom. The monoisotopic (exact) mass is 445 g/mol. The molecule has 1 aliphatic heterocycles. The summed E-state index contributed by atoms with van der Waals surface area (Å²) in [5, 5.41) is 37.8. The van der Waals surface area contributed by atoms with E-state index in [9.17, 15) is 15.3 Å². The van der Waals surface area contributed by atoms with Gasteiger partial charge in [-0.3, -0.25) is 4.57 Å². The predicted molar refractivity (Wildman–Crippen MR) is 113 cm³/mol. The Labute approximate surface area is 184 Å². The number of benzene rings is 2. The third kappa shape index (κ3) is 4.89. The number of aromatic nitrogens is 3. The SMILES string of the molecule is Cn1cnnc1Oc1ccc(Cc2cc([C@H]3C[C@@H](O)[C@H](O)[C@@H](CO)O3)ccc2Cl)cc1. The minimum atomic E-state index is -1.10. The third-order valence-corrected chi connectivity index (χ3v) is 5.76. The summed E-state index contributed by atoms with van der Waals surface area (Å²) in [6.07, 6.45) is -0.919. The molecule has 0 saturated carbocycles. The topological polar surface area (TPSA) is 110 Å². The van der Waals surface area contributed by atoms with Gasteiger partial charge in [-0.15, -0.1) is 5.10 Å². The first-order valence-electron chi connectivity index (χ1n) is 9.96. The number of halogens is 1. The van der Waals surface area contributed by atoms with E-state index in [0.717, 1.165) is 16.7 Å². The van der Waals surface area contributed by atoms with E-state index >= 15 is 0 Å². The molecule has 3 N–H and O–H groups in total. The lowest BCUT2D eigenvalue weighted by atomic mass is 9.92. The van der Waals surface area contributed by atoms with Gasteiger partial charge in [-0.2, -0.15) is 0 Å². The van der Waals surface area contributed by atoms with Crippen molar-refractivity contribution in [1.82, 2.24) is 14.8 Å². The van der Waals surface area contributed by atoms with E-state index in [-0.39, 0.29) is 13.0 Å². The lowest BCUT2D eigenvalue weighted by Crippen LogP contribution is -2.47. The third-order valence-electron chi connectivity index (χ3n) is 5.39. The molecular weight excluding hydrogens is 422 g/mol. The molecule has 0 aliphatic carbocycles. The number of hydrogen-bond acceptors (Lipinski definition) is 7. The maximum absolute atomic E-state index is 10.1. The van der Waals surface area contributed by atoms with E-state index in [1.165, 1.54) is 0 Å². The largest absolute Gasteiger partial charge is 0.424 e. The summed E-state index contributed by atoms with van der Waals surface area (Å²) >= 11 is 6.42. The molecule has 0 spiro atoms. The van der Waals surface area contributed by atoms with Crippen LogP contribution >= 0.6 is 11.6 Å². The second kappa shape index (κ2) is 9.33. The molecule has 1 saturated heterocycles. The van der Waals surface area contributed by atoms with Gasteiger partial charge in [0.1, 0.15) is 24.3 Å². The molecule has 1 fully saturated rings. The average molecular weight is 446 g/mol. The Morgan fingerprint density at radius 1 is 1.19 bits per heavy atom. The Bertz CT molecular complexity index is 1030. The van der Waals surface area contributed by atoms with Crippen LogP contribution < -0.4 is 4.74 Å². The van der Waals surface area contributed by atoms with Crippen LogP contribution in [0.15, 0.2) is 48.8 Å². The van der Waals surface area contributed by atoms with E-state index < -0.39 is 24.4 Å². The van der Waals surface area contributed by atoms with Crippen molar-refractivity contribution in [3.8, 4) is 11.8 Å². The van der Waals surface area contributed by atoms with Gasteiger partial charge in [-0.25, -0.2) is 0 Å². The number of rotatable bonds is 6. The van der Waals surface area contributed by atoms with Gasteiger partial charge in [0.15, 0.2) is 0 Å². The summed E-state index contributed by atoms with van der Waals surface area (Å²) in [5.41, 5.74) is 2.79. The molecule has 4 rings (SSSR count). The fourth-order valence-corrected chi connectivity index (χ4v) is 3.80. The lowest BCUT2D eigenvalue weighted by Gasteiger charge is -2.36. The highest BCUT2D eigenvalue weighted by Gasteiger charge is 2.37. The van der Waals surface area contributed by atoms with Gasteiger partial charge < -0.3 is 24.8 Å². The summed E-state index contributed by atoms with van der Waals surface area (Å²) in [5.74, 6) is 0.651. The van der Waals surface area contributed by atoms with Crippen molar-refractivity contribution in [2.45, 2.75) is 37.3 Å². The number of nitrogens with zero attached hydrogens (tertiary/aromatic N) is 3. The zero-order valence-corrected chi connectivity index (χ0v) is 17.7. The summed E-state index contributed by atoms with van der Waals surface area (Å²) in [6, 6.07) is 13.6. The second-order valence-corrected chi connectivity index (χ2v) is 8.04. The second-order valence-electron chi connectivity index (χ2n) is 7.64. The molecule has 8 nitrogen and oxygen atoms in total. The minimum Gasteiger partial charge on any atom is -0.424 e. The molecule has 1 aliphatic rings. The Hall–Kier alpha value is -2.49. The predicted octanol–water partition coefficient (Wildman–Crippen LogP) is 2.40. The molecule has 0 unspecified atom stereocenters. The Kier molecular flexibility index (Phi) is 6.54. The number of hydrogen-bond donors (Lipinski definition) is 3. The zero-order chi connectivity index (χ0) is 22.0. The van der Waals surface area contributed by atoms with Crippen molar-refractivity contribution < 1.29 is 24.8 Å². The molecule has 0 amide bonds. The van der Waals surface area contributed by atoms with Crippen LogP contribution in [0.2, 0.25) is 5.02 Å². The average Bonchev–Trinajstić information content (AvgIpc) is 3.17. The van der Waals surface area contributed by atoms with E-state index in [2.05, 4.69) is 10.2 Å². The Morgan fingerprint density at radius 3 is 2.65 bits per heavy atom. The first-order chi connectivity index (χ1) is 14.9. The molecule has 2 heterocycles. The zero-order valence-electron chi connectivity index (χ0n) is 16.9. The smallest absolute Gasteiger partial charge is 0.322 e. The van der Waals surface area contributed by atoms with E-state index in [0.29, 0.717) is 23.2 Å². The van der Waals surface area contributed by atoms with Crippen molar-refractivity contribution in [2.75, 3.05) is 6.61 Å². The number of aliphatic hydroxyl groups is 3. The van der Waals surface area contributed by atoms with Crippen LogP contribution in [0.1, 0.15) is 29.2 Å². The van der Waals surface area contributed by atoms with Gasteiger partial charge in [-0.05, 0) is 41.3 Å². The quantitative estimate of drug-likeness (QED) is 0.534. The van der Waals surface area contributed by atoms with Gasteiger partial charge in [-0.1, -0.05) is 41.0 Å². The van der Waals surface area contributed by atoms with Crippen LogP contribution in [0.4, 0.5) is 0 Å². The first-order valence-corrected chi connectivity index (χ1v) is 10.3. The number of aliphatic hydroxyl groups excluding tert-OH is 3. The molecule has 2 aromatic carbocycles. The van der Waals surface area contributed by atoms with Crippen molar-refractivity contribution in [3.63, 3.8) is 0 Å². The van der Waals surface area contributed by atoms with Crippen molar-refractivity contribution >= 4 is 11.6 Å². The van der Waals surface area contributed by atoms with Crippen molar-refractivity contribution in [1.29, 1.82) is 0 Å². The van der Waals surface area contributed by atoms with E-state index in [1.54, 1.807) is 24.0 Å². The molecule has 9 heteroatoms. The summed E-state index contributed by atoms with van der Waals surface area (Å²) in [7, 11) is 1.80. The maximum Gasteiger partial charge on any atom is 0.322 e. The highest BCUT2D eigenvalue weighted by molar-refractivity contribution is 6.31.